The molecular formula is C18H24N2O4. The Balaban J connectivity index is 1.76. The third-order valence-corrected chi connectivity index (χ3v) is 4.46. The lowest BCUT2D eigenvalue weighted by molar-refractivity contribution is -0.139. The number of carbonyl (C=O) groups excluding carboxylic acids is 2. The summed E-state index contributed by atoms with van der Waals surface area (Å²) in [5, 5.41) is 11.9. The van der Waals surface area contributed by atoms with Gasteiger partial charge >= 0.3 is 5.97 Å². The van der Waals surface area contributed by atoms with Gasteiger partial charge in [-0.05, 0) is 31.9 Å². The first-order chi connectivity index (χ1) is 11.4. The van der Waals surface area contributed by atoms with Crippen LogP contribution in [-0.2, 0) is 16.0 Å². The number of benzene rings is 1. The molecule has 24 heavy (non-hydrogen) atoms. The molecule has 0 spiro atoms. The normalized spacial score (nSPS) is 19.6. The number of amides is 1. The highest BCUT2D eigenvalue weighted by Gasteiger charge is 2.34. The molecule has 2 N–H and O–H groups in total. The molecule has 1 aliphatic rings. The van der Waals surface area contributed by atoms with E-state index in [0.717, 1.165) is 18.4 Å². The lowest BCUT2D eigenvalue weighted by Gasteiger charge is -2.42. The molecule has 0 atom stereocenters. The quantitative estimate of drug-likeness (QED) is 0.704. The molecule has 130 valence electrons. The van der Waals surface area contributed by atoms with Crippen LogP contribution in [0.5, 0.6) is 0 Å². The van der Waals surface area contributed by atoms with Crippen molar-refractivity contribution >= 4 is 17.7 Å². The second-order valence-corrected chi connectivity index (χ2v) is 6.28. The number of carboxylic acids is 1. The molecule has 1 aromatic carbocycles. The summed E-state index contributed by atoms with van der Waals surface area (Å²) >= 11 is 0. The van der Waals surface area contributed by atoms with Crippen LogP contribution in [0, 0.1) is 0 Å². The van der Waals surface area contributed by atoms with Gasteiger partial charge in [0.15, 0.2) is 5.78 Å². The average molecular weight is 332 g/mol. The number of hydrogen-bond donors (Lipinski definition) is 2. The van der Waals surface area contributed by atoms with Gasteiger partial charge in [-0.2, -0.15) is 0 Å². The number of nitrogens with one attached hydrogen (secondary N) is 1. The molecular weight excluding hydrogens is 308 g/mol. The molecule has 1 fully saturated rings. The summed E-state index contributed by atoms with van der Waals surface area (Å²) in [6.45, 7) is 4.20. The Morgan fingerprint density at radius 3 is 2.33 bits per heavy atom. The van der Waals surface area contributed by atoms with Crippen LogP contribution in [0.15, 0.2) is 24.3 Å². The SMILES string of the molecule is CCN(CC(=O)O)C1CC(NC(=O)Cc2ccc(C(C)=O)cc2)C1. The van der Waals surface area contributed by atoms with Crippen molar-refractivity contribution in [3.8, 4) is 0 Å². The Morgan fingerprint density at radius 2 is 1.83 bits per heavy atom. The number of carboxylic acid groups (broad SMARTS) is 1. The summed E-state index contributed by atoms with van der Waals surface area (Å²) in [5.41, 5.74) is 1.51. The van der Waals surface area contributed by atoms with Gasteiger partial charge in [-0.1, -0.05) is 31.2 Å². The van der Waals surface area contributed by atoms with Gasteiger partial charge in [-0.15, -0.1) is 0 Å². The first-order valence-electron chi connectivity index (χ1n) is 8.24. The Kier molecular flexibility index (Phi) is 6.09. The van der Waals surface area contributed by atoms with E-state index in [1.54, 1.807) is 24.3 Å². The Morgan fingerprint density at radius 1 is 1.21 bits per heavy atom. The van der Waals surface area contributed by atoms with Crippen molar-refractivity contribution in [3.63, 3.8) is 0 Å². The zero-order valence-electron chi connectivity index (χ0n) is 14.1. The molecule has 6 nitrogen and oxygen atoms in total. The Labute approximate surface area is 141 Å². The van der Waals surface area contributed by atoms with Crippen LogP contribution in [-0.4, -0.2) is 52.8 Å². The van der Waals surface area contributed by atoms with Gasteiger partial charge in [-0.25, -0.2) is 0 Å². The third-order valence-electron chi connectivity index (χ3n) is 4.46. The number of hydrogen-bond acceptors (Lipinski definition) is 4. The molecule has 1 aromatic rings. The number of rotatable bonds is 8. The van der Waals surface area contributed by atoms with Crippen molar-refractivity contribution in [2.45, 2.75) is 45.2 Å². The van der Waals surface area contributed by atoms with Crippen molar-refractivity contribution in [1.29, 1.82) is 0 Å². The number of ketones is 1. The fourth-order valence-electron chi connectivity index (χ4n) is 3.00. The highest BCUT2D eigenvalue weighted by Crippen LogP contribution is 2.25. The Hall–Kier alpha value is -2.21. The van der Waals surface area contributed by atoms with Gasteiger partial charge in [0.2, 0.25) is 5.91 Å². The number of Topliss-reactive ketones (excluding diaryl/α,β-unsaturated/α-hetero) is 1. The molecule has 0 saturated heterocycles. The summed E-state index contributed by atoms with van der Waals surface area (Å²) in [6, 6.07) is 7.40. The average Bonchev–Trinajstić information content (AvgIpc) is 2.48. The zero-order chi connectivity index (χ0) is 17.7. The van der Waals surface area contributed by atoms with E-state index in [4.69, 9.17) is 5.11 Å². The number of carbonyl (C=O) groups is 3. The lowest BCUT2D eigenvalue weighted by atomic mass is 9.85. The van der Waals surface area contributed by atoms with Crippen molar-refractivity contribution in [1.82, 2.24) is 10.2 Å². The predicted octanol–water partition coefficient (Wildman–Crippen LogP) is 1.49. The summed E-state index contributed by atoms with van der Waals surface area (Å²) in [4.78, 5) is 36.0. The molecule has 0 aliphatic heterocycles. The van der Waals surface area contributed by atoms with E-state index >= 15 is 0 Å². The van der Waals surface area contributed by atoms with Crippen LogP contribution in [0.3, 0.4) is 0 Å². The monoisotopic (exact) mass is 332 g/mol. The smallest absolute Gasteiger partial charge is 0.317 e. The molecule has 1 saturated carbocycles. The summed E-state index contributed by atoms with van der Waals surface area (Å²) < 4.78 is 0. The maximum absolute atomic E-state index is 12.1. The molecule has 0 unspecified atom stereocenters. The van der Waals surface area contributed by atoms with Gasteiger partial charge in [0.1, 0.15) is 0 Å². The fraction of sp³-hybridized carbons (Fsp3) is 0.500. The number of likely N-dealkylation sites (N-methyl/N-ethyl adjacent to an activating group) is 1. The molecule has 0 aromatic heterocycles. The lowest BCUT2D eigenvalue weighted by Crippen LogP contribution is -2.55. The van der Waals surface area contributed by atoms with Crippen molar-refractivity contribution in [2.75, 3.05) is 13.1 Å². The van der Waals surface area contributed by atoms with E-state index in [0.29, 0.717) is 12.1 Å². The topological polar surface area (TPSA) is 86.7 Å². The van der Waals surface area contributed by atoms with Gasteiger partial charge in [-0.3, -0.25) is 19.3 Å². The van der Waals surface area contributed by atoms with Crippen LogP contribution in [0.1, 0.15) is 42.6 Å². The van der Waals surface area contributed by atoms with Gasteiger partial charge in [0, 0.05) is 17.6 Å². The van der Waals surface area contributed by atoms with E-state index in [9.17, 15) is 14.4 Å². The minimum Gasteiger partial charge on any atom is -0.480 e. The van der Waals surface area contributed by atoms with Gasteiger partial charge < -0.3 is 10.4 Å². The summed E-state index contributed by atoms with van der Waals surface area (Å²) in [7, 11) is 0. The van der Waals surface area contributed by atoms with Crippen molar-refractivity contribution in [3.05, 3.63) is 35.4 Å². The standard InChI is InChI=1S/C18H24N2O4/c1-3-20(11-18(23)24)16-9-15(10-16)19-17(22)8-13-4-6-14(7-5-13)12(2)21/h4-7,15-16H,3,8-11H2,1-2H3,(H,19,22)(H,23,24). The van der Waals surface area contributed by atoms with Crippen molar-refractivity contribution in [2.24, 2.45) is 0 Å². The first-order valence-corrected chi connectivity index (χ1v) is 8.24. The summed E-state index contributed by atoms with van der Waals surface area (Å²) in [5.74, 6) is -0.859. The minimum atomic E-state index is -0.821. The van der Waals surface area contributed by atoms with Crippen LogP contribution in [0.2, 0.25) is 0 Å². The van der Waals surface area contributed by atoms with Crippen molar-refractivity contribution < 1.29 is 19.5 Å². The molecule has 2 rings (SSSR count). The Bertz CT molecular complexity index is 606. The molecule has 0 bridgehead atoms. The van der Waals surface area contributed by atoms with Crippen LogP contribution >= 0.6 is 0 Å². The summed E-state index contributed by atoms with van der Waals surface area (Å²) in [6.07, 6.45) is 1.86. The molecule has 6 heteroatoms. The number of aliphatic carboxylic acids is 1. The van der Waals surface area contributed by atoms with E-state index in [1.165, 1.54) is 6.92 Å². The number of nitrogens with zero attached hydrogens (tertiary/aromatic N) is 1. The van der Waals surface area contributed by atoms with E-state index in [2.05, 4.69) is 5.32 Å². The van der Waals surface area contributed by atoms with E-state index in [1.807, 2.05) is 11.8 Å². The van der Waals surface area contributed by atoms with E-state index < -0.39 is 5.97 Å². The second-order valence-electron chi connectivity index (χ2n) is 6.28. The highest BCUT2D eigenvalue weighted by molar-refractivity contribution is 5.94. The van der Waals surface area contributed by atoms with Crippen LogP contribution < -0.4 is 5.32 Å². The van der Waals surface area contributed by atoms with E-state index in [-0.39, 0.29) is 36.7 Å². The molecule has 1 amide bonds. The third kappa shape index (κ3) is 4.89. The molecule has 1 aliphatic carbocycles. The first kappa shape index (κ1) is 18.1. The molecule has 0 radical (unpaired) electrons. The second kappa shape index (κ2) is 8.06. The van der Waals surface area contributed by atoms with Gasteiger partial charge in [0.05, 0.1) is 13.0 Å². The van der Waals surface area contributed by atoms with Gasteiger partial charge in [0.25, 0.3) is 0 Å². The van der Waals surface area contributed by atoms with Crippen LogP contribution in [0.25, 0.3) is 0 Å². The van der Waals surface area contributed by atoms with Crippen LogP contribution in [0.4, 0.5) is 0 Å². The maximum atomic E-state index is 12.1. The predicted molar refractivity (Wildman–Crippen MR) is 90.0 cm³/mol. The maximum Gasteiger partial charge on any atom is 0.317 e. The fourth-order valence-corrected chi connectivity index (χ4v) is 3.00. The minimum absolute atomic E-state index is 0.00773. The molecule has 0 heterocycles. The largest absolute Gasteiger partial charge is 0.480 e. The zero-order valence-corrected chi connectivity index (χ0v) is 14.1. The highest BCUT2D eigenvalue weighted by atomic mass is 16.4.